The van der Waals surface area contributed by atoms with Crippen LogP contribution in [0.25, 0.3) is 11.2 Å². The summed E-state index contributed by atoms with van der Waals surface area (Å²) in [6, 6.07) is 3.80. The van der Waals surface area contributed by atoms with Crippen LogP contribution in [0.5, 0.6) is 0 Å². The summed E-state index contributed by atoms with van der Waals surface area (Å²) in [7, 11) is 1.79. The van der Waals surface area contributed by atoms with Crippen LogP contribution in [0.3, 0.4) is 0 Å². The molecule has 2 fully saturated rings. The maximum absolute atomic E-state index is 12.7. The van der Waals surface area contributed by atoms with E-state index in [0.717, 1.165) is 42.9 Å². The maximum Gasteiger partial charge on any atom is 0.330 e. The third-order valence-corrected chi connectivity index (χ3v) is 6.20. The summed E-state index contributed by atoms with van der Waals surface area (Å²) < 4.78 is 3.45. The van der Waals surface area contributed by atoms with Gasteiger partial charge >= 0.3 is 5.69 Å². The van der Waals surface area contributed by atoms with Crippen molar-refractivity contribution in [3.05, 3.63) is 28.8 Å². The number of hydrogen-bond acceptors (Lipinski definition) is 3. The second-order valence-electron chi connectivity index (χ2n) is 7.88. The van der Waals surface area contributed by atoms with E-state index in [0.29, 0.717) is 13.0 Å². The molecule has 1 saturated heterocycles. The molecule has 0 radical (unpaired) electrons. The molecule has 0 N–H and O–H groups in total. The molecule has 0 bridgehead atoms. The molecule has 6 nitrogen and oxygen atoms in total. The van der Waals surface area contributed by atoms with Gasteiger partial charge in [0.1, 0.15) is 0 Å². The van der Waals surface area contributed by atoms with Crippen LogP contribution in [-0.4, -0.2) is 38.0 Å². The summed E-state index contributed by atoms with van der Waals surface area (Å²) in [5.74, 6) is 0.993. The zero-order valence-electron chi connectivity index (χ0n) is 15.6. The van der Waals surface area contributed by atoms with Crippen molar-refractivity contribution in [1.29, 1.82) is 0 Å². The van der Waals surface area contributed by atoms with E-state index in [1.54, 1.807) is 22.4 Å². The highest BCUT2D eigenvalue weighted by atomic mass is 16.2. The second kappa shape index (κ2) is 7.25. The number of pyridine rings is 1. The molecule has 1 amide bonds. The van der Waals surface area contributed by atoms with Crippen molar-refractivity contribution < 1.29 is 4.79 Å². The first-order chi connectivity index (χ1) is 12.6. The Labute approximate surface area is 153 Å². The minimum absolute atomic E-state index is 0.0188. The first-order valence-electron chi connectivity index (χ1n) is 9.95. The van der Waals surface area contributed by atoms with Gasteiger partial charge in [-0.1, -0.05) is 25.7 Å². The normalized spacial score (nSPS) is 21.6. The fourth-order valence-electron chi connectivity index (χ4n) is 4.70. The highest BCUT2D eigenvalue weighted by Crippen LogP contribution is 2.29. The van der Waals surface area contributed by atoms with Crippen LogP contribution in [0, 0.1) is 5.92 Å². The van der Waals surface area contributed by atoms with E-state index < -0.39 is 0 Å². The molecule has 1 saturated carbocycles. The first kappa shape index (κ1) is 17.3. The van der Waals surface area contributed by atoms with E-state index >= 15 is 0 Å². The maximum atomic E-state index is 12.7. The number of aromatic nitrogens is 3. The van der Waals surface area contributed by atoms with Gasteiger partial charge in [-0.3, -0.25) is 13.9 Å². The quantitative estimate of drug-likeness (QED) is 0.846. The van der Waals surface area contributed by atoms with Crippen LogP contribution in [0.4, 0.5) is 0 Å². The van der Waals surface area contributed by atoms with Gasteiger partial charge in [0.2, 0.25) is 5.91 Å². The topological polar surface area (TPSA) is 60.1 Å². The lowest BCUT2D eigenvalue weighted by Gasteiger charge is -2.33. The van der Waals surface area contributed by atoms with Gasteiger partial charge in [0.15, 0.2) is 5.65 Å². The summed E-state index contributed by atoms with van der Waals surface area (Å²) in [5.41, 5.74) is 1.54. The molecule has 0 aromatic carbocycles. The molecule has 26 heavy (non-hydrogen) atoms. The fourth-order valence-corrected chi connectivity index (χ4v) is 4.70. The van der Waals surface area contributed by atoms with E-state index in [1.807, 2.05) is 17.0 Å². The summed E-state index contributed by atoms with van der Waals surface area (Å²) in [6.07, 6.45) is 10.5. The fraction of sp³-hybridized carbons (Fsp3) is 0.650. The largest absolute Gasteiger partial charge is 0.341 e. The third kappa shape index (κ3) is 3.17. The van der Waals surface area contributed by atoms with Crippen LogP contribution in [0.15, 0.2) is 23.1 Å². The van der Waals surface area contributed by atoms with E-state index in [9.17, 15) is 9.59 Å². The minimum Gasteiger partial charge on any atom is -0.341 e. The number of carbonyl (C=O) groups is 1. The average molecular weight is 356 g/mol. The number of piperidine rings is 1. The number of likely N-dealkylation sites (tertiary alicyclic amines) is 1. The summed E-state index contributed by atoms with van der Waals surface area (Å²) in [6.45, 7) is 1.44. The van der Waals surface area contributed by atoms with Gasteiger partial charge in [0, 0.05) is 32.8 Å². The average Bonchev–Trinajstić information content (AvgIpc) is 3.27. The van der Waals surface area contributed by atoms with E-state index in [2.05, 4.69) is 4.98 Å². The molecule has 2 aromatic rings. The lowest BCUT2D eigenvalue weighted by molar-refractivity contribution is -0.133. The lowest BCUT2D eigenvalue weighted by Crippen LogP contribution is -2.43. The predicted molar refractivity (Wildman–Crippen MR) is 101 cm³/mol. The first-order valence-corrected chi connectivity index (χ1v) is 9.95. The van der Waals surface area contributed by atoms with Gasteiger partial charge in [0.05, 0.1) is 11.6 Å². The number of nitrogens with zero attached hydrogens (tertiary/aromatic N) is 4. The highest BCUT2D eigenvalue weighted by Gasteiger charge is 2.28. The third-order valence-electron chi connectivity index (χ3n) is 6.20. The van der Waals surface area contributed by atoms with Gasteiger partial charge in [-0.05, 0) is 37.3 Å². The van der Waals surface area contributed by atoms with E-state index in [-0.39, 0.29) is 17.6 Å². The molecule has 140 valence electrons. The van der Waals surface area contributed by atoms with Crippen molar-refractivity contribution in [2.45, 2.75) is 57.4 Å². The van der Waals surface area contributed by atoms with Crippen molar-refractivity contribution in [2.75, 3.05) is 13.1 Å². The zero-order chi connectivity index (χ0) is 18.1. The van der Waals surface area contributed by atoms with Gasteiger partial charge in [-0.25, -0.2) is 9.78 Å². The molecular weight excluding hydrogens is 328 g/mol. The molecular formula is C20H28N4O2. The molecule has 4 rings (SSSR count). The Morgan fingerprint density at radius 1 is 1.23 bits per heavy atom. The number of fused-ring (bicyclic) bond motifs is 1. The number of amides is 1. The van der Waals surface area contributed by atoms with Crippen molar-refractivity contribution in [1.82, 2.24) is 19.0 Å². The zero-order valence-corrected chi connectivity index (χ0v) is 15.6. The van der Waals surface area contributed by atoms with E-state index in [4.69, 9.17) is 0 Å². The Hall–Kier alpha value is -2.11. The molecule has 2 aliphatic rings. The minimum atomic E-state index is -0.0380. The highest BCUT2D eigenvalue weighted by molar-refractivity contribution is 5.76. The lowest BCUT2D eigenvalue weighted by atomic mass is 10.00. The molecule has 3 heterocycles. The van der Waals surface area contributed by atoms with Gasteiger partial charge in [-0.2, -0.15) is 0 Å². The standard InChI is InChI=1S/C20H28N4O2/c1-22-17-9-4-12-21-19(17)24(20(22)26)16-8-5-13-23(14-16)18(25)11-10-15-6-2-3-7-15/h4,9,12,15-16H,2-3,5-8,10-11,13-14H2,1H3/t16-/m0/s1. The van der Waals surface area contributed by atoms with Crippen LogP contribution in [0.1, 0.15) is 57.4 Å². The molecule has 2 aromatic heterocycles. The van der Waals surface area contributed by atoms with Crippen molar-refractivity contribution in [3.8, 4) is 0 Å². The van der Waals surface area contributed by atoms with Gasteiger partial charge in [-0.15, -0.1) is 0 Å². The molecule has 0 spiro atoms. The molecule has 1 aliphatic heterocycles. The Morgan fingerprint density at radius 2 is 2.04 bits per heavy atom. The monoisotopic (exact) mass is 356 g/mol. The predicted octanol–water partition coefficient (Wildman–Crippen LogP) is 2.87. The molecule has 1 aliphatic carbocycles. The number of carbonyl (C=O) groups excluding carboxylic acids is 1. The smallest absolute Gasteiger partial charge is 0.330 e. The molecule has 0 unspecified atom stereocenters. The van der Waals surface area contributed by atoms with Gasteiger partial charge in [0.25, 0.3) is 0 Å². The van der Waals surface area contributed by atoms with Crippen LogP contribution >= 0.6 is 0 Å². The Kier molecular flexibility index (Phi) is 4.83. The van der Waals surface area contributed by atoms with Gasteiger partial charge < -0.3 is 4.90 Å². The Balaban J connectivity index is 1.49. The van der Waals surface area contributed by atoms with Crippen LogP contribution < -0.4 is 5.69 Å². The summed E-state index contributed by atoms with van der Waals surface area (Å²) in [5, 5.41) is 0. The number of imidazole rings is 1. The number of aryl methyl sites for hydroxylation is 1. The Bertz CT molecular complexity index is 847. The van der Waals surface area contributed by atoms with Crippen molar-refractivity contribution in [3.63, 3.8) is 0 Å². The van der Waals surface area contributed by atoms with Crippen LogP contribution in [0.2, 0.25) is 0 Å². The van der Waals surface area contributed by atoms with Crippen LogP contribution in [-0.2, 0) is 11.8 Å². The van der Waals surface area contributed by atoms with Crippen molar-refractivity contribution >= 4 is 17.1 Å². The summed E-state index contributed by atoms with van der Waals surface area (Å²) >= 11 is 0. The van der Waals surface area contributed by atoms with E-state index in [1.165, 1.54) is 25.7 Å². The summed E-state index contributed by atoms with van der Waals surface area (Å²) in [4.78, 5) is 31.9. The number of hydrogen-bond donors (Lipinski definition) is 0. The Morgan fingerprint density at radius 3 is 2.85 bits per heavy atom. The SMILES string of the molecule is Cn1c(=O)n([C@H]2CCCN(C(=O)CCC3CCCC3)C2)c2ncccc21. The second-order valence-corrected chi connectivity index (χ2v) is 7.88. The molecule has 1 atom stereocenters. The number of rotatable bonds is 4. The molecule has 6 heteroatoms. The van der Waals surface area contributed by atoms with Crippen molar-refractivity contribution in [2.24, 2.45) is 13.0 Å².